The summed E-state index contributed by atoms with van der Waals surface area (Å²) in [5, 5.41) is 12.2. The monoisotopic (exact) mass is 341 g/mol. The number of aromatic nitrogens is 1. The van der Waals surface area contributed by atoms with Crippen molar-refractivity contribution >= 4 is 11.7 Å². The molecule has 25 heavy (non-hydrogen) atoms. The number of nitrogens with zero attached hydrogens (tertiary/aromatic N) is 2. The van der Waals surface area contributed by atoms with Crippen molar-refractivity contribution in [1.29, 1.82) is 5.26 Å². The smallest absolute Gasteiger partial charge is 0.245 e. The second-order valence-electron chi connectivity index (χ2n) is 6.82. The predicted octanol–water partition coefficient (Wildman–Crippen LogP) is 2.78. The number of rotatable bonds is 6. The first kappa shape index (κ1) is 17.4. The molecule has 6 heteroatoms. The lowest BCUT2D eigenvalue weighted by molar-refractivity contribution is -0.123. The lowest BCUT2D eigenvalue weighted by atomic mass is 9.93. The van der Waals surface area contributed by atoms with E-state index in [9.17, 15) is 14.9 Å². The first-order chi connectivity index (χ1) is 12.2. The number of hydrogen-bond donors (Lipinski definition) is 1. The fourth-order valence-corrected chi connectivity index (χ4v) is 3.22. The first-order valence-electron chi connectivity index (χ1n) is 9.04. The number of nitrogens with one attached hydrogen (secondary N) is 1. The van der Waals surface area contributed by atoms with E-state index in [0.717, 1.165) is 44.9 Å². The average molecular weight is 341 g/mol. The van der Waals surface area contributed by atoms with E-state index >= 15 is 0 Å². The number of carbonyl (C=O) groups excluding carboxylic acids is 2. The summed E-state index contributed by atoms with van der Waals surface area (Å²) in [6.45, 7) is 0. The van der Waals surface area contributed by atoms with Gasteiger partial charge >= 0.3 is 0 Å². The molecule has 2 fully saturated rings. The molecular weight excluding hydrogens is 318 g/mol. The Hall–Kier alpha value is -2.42. The number of hydrogen-bond acceptors (Lipinski definition) is 5. The maximum absolute atomic E-state index is 12.6. The molecule has 2 aliphatic carbocycles. The molecule has 1 amide bonds. The largest absolute Gasteiger partial charge is 0.474 e. The predicted molar refractivity (Wildman–Crippen MR) is 91.0 cm³/mol. The Labute approximate surface area is 147 Å². The van der Waals surface area contributed by atoms with Crippen LogP contribution in [0, 0.1) is 17.2 Å². The van der Waals surface area contributed by atoms with Crippen molar-refractivity contribution in [2.75, 3.05) is 0 Å². The van der Waals surface area contributed by atoms with Gasteiger partial charge in [0.05, 0.1) is 6.07 Å². The molecular formula is C19H23N3O3. The van der Waals surface area contributed by atoms with Gasteiger partial charge in [0, 0.05) is 23.9 Å². The van der Waals surface area contributed by atoms with Crippen molar-refractivity contribution in [3.05, 3.63) is 23.9 Å². The van der Waals surface area contributed by atoms with Crippen molar-refractivity contribution in [2.24, 2.45) is 5.92 Å². The van der Waals surface area contributed by atoms with Crippen LogP contribution < -0.4 is 10.1 Å². The Morgan fingerprint density at radius 3 is 2.60 bits per heavy atom. The lowest BCUT2D eigenvalue weighted by Crippen LogP contribution is -2.42. The van der Waals surface area contributed by atoms with Gasteiger partial charge in [-0.25, -0.2) is 4.98 Å². The minimum Gasteiger partial charge on any atom is -0.474 e. The van der Waals surface area contributed by atoms with Crippen LogP contribution in [0.15, 0.2) is 18.3 Å². The number of pyridine rings is 1. The van der Waals surface area contributed by atoms with Gasteiger partial charge in [0.25, 0.3) is 0 Å². The fourth-order valence-electron chi connectivity index (χ4n) is 3.22. The molecule has 1 unspecified atom stereocenters. The van der Waals surface area contributed by atoms with E-state index in [1.165, 1.54) is 24.8 Å². The van der Waals surface area contributed by atoms with E-state index < -0.39 is 17.6 Å². The van der Waals surface area contributed by atoms with Gasteiger partial charge in [-0.2, -0.15) is 5.26 Å². The van der Waals surface area contributed by atoms with Crippen LogP contribution in [0.5, 0.6) is 5.88 Å². The quantitative estimate of drug-likeness (QED) is 0.634. The summed E-state index contributed by atoms with van der Waals surface area (Å²) >= 11 is 0. The normalized spacial score (nSPS) is 19.3. The van der Waals surface area contributed by atoms with E-state index in [1.807, 2.05) is 6.07 Å². The van der Waals surface area contributed by atoms with Gasteiger partial charge in [-0.05, 0) is 38.2 Å². The summed E-state index contributed by atoms with van der Waals surface area (Å²) in [5.41, 5.74) is 0.287. The van der Waals surface area contributed by atoms with Crippen LogP contribution in [0.1, 0.15) is 61.7 Å². The maximum atomic E-state index is 12.6. The zero-order valence-corrected chi connectivity index (χ0v) is 14.2. The minimum atomic E-state index is -1.33. The Balaban J connectivity index is 1.65. The van der Waals surface area contributed by atoms with Crippen molar-refractivity contribution in [1.82, 2.24) is 10.3 Å². The van der Waals surface area contributed by atoms with E-state index in [2.05, 4.69) is 10.3 Å². The fraction of sp³-hybridized carbons (Fsp3) is 0.579. The second kappa shape index (κ2) is 8.11. The minimum absolute atomic E-state index is 0.0693. The van der Waals surface area contributed by atoms with Crippen LogP contribution in [-0.2, 0) is 4.79 Å². The van der Waals surface area contributed by atoms with Gasteiger partial charge in [0.1, 0.15) is 6.10 Å². The van der Waals surface area contributed by atoms with Crippen LogP contribution >= 0.6 is 0 Å². The maximum Gasteiger partial charge on any atom is 0.245 e. The van der Waals surface area contributed by atoms with Gasteiger partial charge in [-0.1, -0.05) is 19.3 Å². The molecule has 0 bridgehead atoms. The molecule has 1 aromatic heterocycles. The molecule has 1 aromatic rings. The molecule has 1 N–H and O–H groups in total. The summed E-state index contributed by atoms with van der Waals surface area (Å²) < 4.78 is 5.69. The molecule has 2 aliphatic rings. The number of amides is 1. The Kier molecular flexibility index (Phi) is 5.64. The van der Waals surface area contributed by atoms with Crippen molar-refractivity contribution in [3.63, 3.8) is 0 Å². The highest BCUT2D eigenvalue weighted by molar-refractivity contribution is 6.12. The van der Waals surface area contributed by atoms with Gasteiger partial charge in [-0.15, -0.1) is 0 Å². The third kappa shape index (κ3) is 4.36. The van der Waals surface area contributed by atoms with Gasteiger partial charge < -0.3 is 10.1 Å². The highest BCUT2D eigenvalue weighted by atomic mass is 16.5. The number of Topliss-reactive ketones (excluding diaryl/α,β-unsaturated/α-hetero) is 1. The molecule has 1 heterocycles. The average Bonchev–Trinajstić information content (AvgIpc) is 2.60. The third-order valence-corrected chi connectivity index (χ3v) is 4.96. The summed E-state index contributed by atoms with van der Waals surface area (Å²) in [7, 11) is 0. The van der Waals surface area contributed by atoms with Crippen molar-refractivity contribution < 1.29 is 14.3 Å². The topological polar surface area (TPSA) is 92.1 Å². The molecule has 0 aromatic carbocycles. The van der Waals surface area contributed by atoms with E-state index in [-0.39, 0.29) is 17.7 Å². The first-order valence-corrected chi connectivity index (χ1v) is 9.04. The molecule has 6 nitrogen and oxygen atoms in total. The second-order valence-corrected chi connectivity index (χ2v) is 6.82. The number of ether oxygens (including phenoxy) is 1. The number of ketones is 1. The van der Waals surface area contributed by atoms with Crippen LogP contribution in [0.4, 0.5) is 0 Å². The molecule has 0 radical (unpaired) electrons. The summed E-state index contributed by atoms with van der Waals surface area (Å²) in [6, 6.07) is 4.97. The Morgan fingerprint density at radius 2 is 1.96 bits per heavy atom. The van der Waals surface area contributed by atoms with Crippen molar-refractivity contribution in [3.8, 4) is 11.9 Å². The third-order valence-electron chi connectivity index (χ3n) is 4.96. The Morgan fingerprint density at radius 1 is 1.20 bits per heavy atom. The summed E-state index contributed by atoms with van der Waals surface area (Å²) in [6.07, 6.45) is 9.89. The summed E-state index contributed by atoms with van der Waals surface area (Å²) in [5.74, 6) is -1.96. The van der Waals surface area contributed by atoms with Crippen LogP contribution in [0.3, 0.4) is 0 Å². The number of carbonyl (C=O) groups is 2. The highest BCUT2D eigenvalue weighted by Crippen LogP contribution is 2.25. The molecule has 132 valence electrons. The van der Waals surface area contributed by atoms with Crippen LogP contribution in [0.25, 0.3) is 0 Å². The van der Waals surface area contributed by atoms with Crippen LogP contribution in [0.2, 0.25) is 0 Å². The zero-order valence-electron chi connectivity index (χ0n) is 14.2. The number of nitriles is 1. The van der Waals surface area contributed by atoms with E-state index in [4.69, 9.17) is 4.74 Å². The SMILES string of the molecule is N#CC(C(=O)NC1CCCCC1)C(=O)c1ccnc(OC2CCC2)c1. The van der Waals surface area contributed by atoms with E-state index in [1.54, 1.807) is 0 Å². The summed E-state index contributed by atoms with van der Waals surface area (Å²) in [4.78, 5) is 29.1. The van der Waals surface area contributed by atoms with Gasteiger partial charge in [0.2, 0.25) is 11.8 Å². The standard InChI is InChI=1S/C19H23N3O3/c20-12-16(19(24)22-14-5-2-1-3-6-14)18(23)13-9-10-21-17(11-13)25-15-7-4-8-15/h9-11,14-16H,1-8H2,(H,22,24). The molecule has 0 aliphatic heterocycles. The molecule has 0 saturated heterocycles. The lowest BCUT2D eigenvalue weighted by Gasteiger charge is -2.25. The molecule has 2 saturated carbocycles. The molecule has 1 atom stereocenters. The highest BCUT2D eigenvalue weighted by Gasteiger charge is 2.30. The zero-order chi connectivity index (χ0) is 17.6. The van der Waals surface area contributed by atoms with E-state index in [0.29, 0.717) is 5.88 Å². The van der Waals surface area contributed by atoms with Gasteiger partial charge in [-0.3, -0.25) is 9.59 Å². The van der Waals surface area contributed by atoms with Crippen LogP contribution in [-0.4, -0.2) is 28.8 Å². The van der Waals surface area contributed by atoms with Gasteiger partial charge in [0.15, 0.2) is 11.7 Å². The Bertz CT molecular complexity index is 673. The molecule has 3 rings (SSSR count). The van der Waals surface area contributed by atoms with Crippen molar-refractivity contribution in [2.45, 2.75) is 63.5 Å². The molecule has 0 spiro atoms.